The normalized spacial score (nSPS) is 10.8. The Labute approximate surface area is 94.0 Å². The summed E-state index contributed by atoms with van der Waals surface area (Å²) in [5, 5.41) is 0. The van der Waals surface area contributed by atoms with E-state index in [-0.39, 0.29) is 16.9 Å². The molecule has 0 unspecified atom stereocenters. The van der Waals surface area contributed by atoms with Crippen molar-refractivity contribution >= 4 is 11.8 Å². The van der Waals surface area contributed by atoms with Crippen LogP contribution < -0.4 is 4.74 Å². The number of hydrogen-bond acceptors (Lipinski definition) is 3. The number of ether oxygens (including phenoxy) is 1. The van der Waals surface area contributed by atoms with Crippen LogP contribution in [0.5, 0.6) is 5.75 Å². The van der Waals surface area contributed by atoms with Crippen molar-refractivity contribution in [2.24, 2.45) is 10.4 Å². The van der Waals surface area contributed by atoms with Crippen molar-refractivity contribution in [2.75, 3.05) is 6.61 Å². The van der Waals surface area contributed by atoms with Crippen molar-refractivity contribution in [3.63, 3.8) is 0 Å². The molecule has 1 aromatic carbocycles. The van der Waals surface area contributed by atoms with Crippen LogP contribution in [0.2, 0.25) is 0 Å². The summed E-state index contributed by atoms with van der Waals surface area (Å²) in [5.41, 5.74) is 0.0732. The second kappa shape index (κ2) is 4.90. The molecule has 1 aromatic rings. The molecule has 0 N–H and O–H groups in total. The number of rotatable bonds is 3. The molecule has 0 saturated carbocycles. The van der Waals surface area contributed by atoms with E-state index in [1.54, 1.807) is 0 Å². The third-order valence-corrected chi connectivity index (χ3v) is 1.76. The van der Waals surface area contributed by atoms with Crippen LogP contribution in [-0.2, 0) is 4.79 Å². The highest BCUT2D eigenvalue weighted by Crippen LogP contribution is 2.31. The van der Waals surface area contributed by atoms with Gasteiger partial charge in [0.1, 0.15) is 5.69 Å². The highest BCUT2D eigenvalue weighted by Gasteiger charge is 2.15. The lowest BCUT2D eigenvalue weighted by atomic mass is 9.99. The summed E-state index contributed by atoms with van der Waals surface area (Å²) in [5.74, 6) is -0.526. The van der Waals surface area contributed by atoms with Gasteiger partial charge in [0.15, 0.2) is 11.6 Å². The van der Waals surface area contributed by atoms with Gasteiger partial charge in [0.2, 0.25) is 6.08 Å². The van der Waals surface area contributed by atoms with Gasteiger partial charge in [-0.1, -0.05) is 26.8 Å². The van der Waals surface area contributed by atoms with Crippen molar-refractivity contribution in [1.29, 1.82) is 0 Å². The largest absolute Gasteiger partial charge is 0.488 e. The lowest BCUT2D eigenvalue weighted by molar-refractivity contribution is 0.192. The topological polar surface area (TPSA) is 38.7 Å². The number of para-hydroxylation sites is 1. The number of halogens is 1. The summed E-state index contributed by atoms with van der Waals surface area (Å²) >= 11 is 0. The third-order valence-electron chi connectivity index (χ3n) is 1.76. The van der Waals surface area contributed by atoms with Crippen LogP contribution in [0, 0.1) is 11.2 Å². The molecule has 1 rings (SSSR count). The van der Waals surface area contributed by atoms with Gasteiger partial charge in [-0.25, -0.2) is 9.18 Å². The predicted octanol–water partition coefficient (Wildman–Crippen LogP) is 3.22. The first-order valence-corrected chi connectivity index (χ1v) is 4.93. The molecule has 0 aliphatic rings. The molecule has 0 bridgehead atoms. The second-order valence-electron chi connectivity index (χ2n) is 4.64. The van der Waals surface area contributed by atoms with Gasteiger partial charge >= 0.3 is 0 Å². The maximum absolute atomic E-state index is 13.4. The lowest BCUT2D eigenvalue weighted by Crippen LogP contribution is -2.17. The molecular weight excluding hydrogens is 209 g/mol. The van der Waals surface area contributed by atoms with Crippen molar-refractivity contribution in [2.45, 2.75) is 20.8 Å². The zero-order valence-electron chi connectivity index (χ0n) is 9.58. The Hall–Kier alpha value is -1.67. The quantitative estimate of drug-likeness (QED) is 0.583. The van der Waals surface area contributed by atoms with Gasteiger partial charge in [-0.2, -0.15) is 4.99 Å². The number of aliphatic imine (C=N–C) groups is 1. The Morgan fingerprint density at radius 1 is 1.44 bits per heavy atom. The van der Waals surface area contributed by atoms with E-state index >= 15 is 0 Å². The van der Waals surface area contributed by atoms with Crippen LogP contribution in [0.25, 0.3) is 0 Å². The SMILES string of the molecule is CC(C)(C)COc1c(F)cccc1N=C=O. The molecule has 86 valence electrons. The van der Waals surface area contributed by atoms with Crippen molar-refractivity contribution in [3.05, 3.63) is 24.0 Å². The van der Waals surface area contributed by atoms with Crippen molar-refractivity contribution in [1.82, 2.24) is 0 Å². The minimum atomic E-state index is -0.527. The van der Waals surface area contributed by atoms with E-state index in [0.29, 0.717) is 6.61 Å². The van der Waals surface area contributed by atoms with Crippen LogP contribution in [0.1, 0.15) is 20.8 Å². The number of isocyanates is 1. The van der Waals surface area contributed by atoms with E-state index in [4.69, 9.17) is 4.74 Å². The van der Waals surface area contributed by atoms with Crippen LogP contribution in [0.4, 0.5) is 10.1 Å². The first-order valence-electron chi connectivity index (χ1n) is 4.93. The van der Waals surface area contributed by atoms with Crippen LogP contribution in [0.15, 0.2) is 23.2 Å². The molecule has 0 saturated heterocycles. The number of carbonyl (C=O) groups excluding carboxylic acids is 1. The lowest BCUT2D eigenvalue weighted by Gasteiger charge is -2.19. The van der Waals surface area contributed by atoms with Crippen LogP contribution >= 0.6 is 0 Å². The molecule has 0 amide bonds. The van der Waals surface area contributed by atoms with E-state index < -0.39 is 5.82 Å². The first-order chi connectivity index (χ1) is 7.44. The summed E-state index contributed by atoms with van der Waals surface area (Å²) < 4.78 is 18.8. The van der Waals surface area contributed by atoms with Gasteiger partial charge in [0.05, 0.1) is 6.61 Å². The van der Waals surface area contributed by atoms with E-state index in [9.17, 15) is 9.18 Å². The molecule has 0 aromatic heterocycles. The predicted molar refractivity (Wildman–Crippen MR) is 59.1 cm³/mol. The molecule has 0 heterocycles. The van der Waals surface area contributed by atoms with Crippen LogP contribution in [0.3, 0.4) is 0 Å². The fourth-order valence-corrected chi connectivity index (χ4v) is 1.07. The van der Waals surface area contributed by atoms with E-state index in [1.165, 1.54) is 24.3 Å². The molecular formula is C12H14FNO2. The first kappa shape index (κ1) is 12.4. The number of nitrogens with zero attached hydrogens (tertiary/aromatic N) is 1. The molecule has 16 heavy (non-hydrogen) atoms. The molecule has 0 fully saturated rings. The smallest absolute Gasteiger partial charge is 0.240 e. The zero-order chi connectivity index (χ0) is 12.2. The van der Waals surface area contributed by atoms with E-state index in [0.717, 1.165) is 0 Å². The van der Waals surface area contributed by atoms with Crippen molar-refractivity contribution < 1.29 is 13.9 Å². The molecule has 4 heteroatoms. The van der Waals surface area contributed by atoms with Gasteiger partial charge in [-0.15, -0.1) is 0 Å². The molecule has 0 radical (unpaired) electrons. The van der Waals surface area contributed by atoms with Crippen LogP contribution in [-0.4, -0.2) is 12.7 Å². The van der Waals surface area contributed by atoms with E-state index in [2.05, 4.69) is 4.99 Å². The minimum absolute atomic E-state index is 0.000718. The van der Waals surface area contributed by atoms with Gasteiger partial charge < -0.3 is 4.74 Å². The Morgan fingerprint density at radius 2 is 2.12 bits per heavy atom. The summed E-state index contributed by atoms with van der Waals surface area (Å²) in [7, 11) is 0. The molecule has 3 nitrogen and oxygen atoms in total. The second-order valence-corrected chi connectivity index (χ2v) is 4.64. The number of hydrogen-bond donors (Lipinski definition) is 0. The van der Waals surface area contributed by atoms with Gasteiger partial charge in [-0.3, -0.25) is 0 Å². The Kier molecular flexibility index (Phi) is 3.80. The third kappa shape index (κ3) is 3.48. The number of benzene rings is 1. The Balaban J connectivity index is 2.97. The highest BCUT2D eigenvalue weighted by atomic mass is 19.1. The highest BCUT2D eigenvalue weighted by molar-refractivity contribution is 5.57. The average Bonchev–Trinajstić information content (AvgIpc) is 2.15. The van der Waals surface area contributed by atoms with Gasteiger partial charge in [-0.05, 0) is 17.5 Å². The van der Waals surface area contributed by atoms with E-state index in [1.807, 2.05) is 20.8 Å². The molecule has 0 aliphatic carbocycles. The fraction of sp³-hybridized carbons (Fsp3) is 0.417. The maximum Gasteiger partial charge on any atom is 0.240 e. The fourth-order valence-electron chi connectivity index (χ4n) is 1.07. The van der Waals surface area contributed by atoms with Crippen molar-refractivity contribution in [3.8, 4) is 5.75 Å². The standard InChI is InChI=1S/C12H14FNO2/c1-12(2,3)7-16-11-9(13)5-4-6-10(11)14-8-15/h4-6H,7H2,1-3H3. The summed E-state index contributed by atoms with van der Waals surface area (Å²) in [6.45, 7) is 6.25. The Morgan fingerprint density at radius 3 is 2.69 bits per heavy atom. The minimum Gasteiger partial charge on any atom is -0.488 e. The monoisotopic (exact) mass is 223 g/mol. The Bertz CT molecular complexity index is 418. The molecule has 0 atom stereocenters. The maximum atomic E-state index is 13.4. The zero-order valence-corrected chi connectivity index (χ0v) is 9.58. The summed E-state index contributed by atoms with van der Waals surface area (Å²) in [6, 6.07) is 4.24. The molecule has 0 spiro atoms. The average molecular weight is 223 g/mol. The van der Waals surface area contributed by atoms with Gasteiger partial charge in [0.25, 0.3) is 0 Å². The molecule has 0 aliphatic heterocycles. The summed E-state index contributed by atoms with van der Waals surface area (Å²) in [4.78, 5) is 13.6. The van der Waals surface area contributed by atoms with Gasteiger partial charge in [0, 0.05) is 0 Å². The summed E-state index contributed by atoms with van der Waals surface area (Å²) in [6.07, 6.45) is 1.38.